The van der Waals surface area contributed by atoms with E-state index in [-0.39, 0.29) is 37.1 Å². The lowest BCUT2D eigenvalue weighted by Gasteiger charge is -2.29. The number of aliphatic hydroxyl groups is 1. The van der Waals surface area contributed by atoms with E-state index in [1.165, 1.54) is 0 Å². The highest BCUT2D eigenvalue weighted by Crippen LogP contribution is 2.38. The Bertz CT molecular complexity index is 480. The average Bonchev–Trinajstić information content (AvgIpc) is 2.89. The number of carbonyl (C=O) groups excluding carboxylic acids is 1. The summed E-state index contributed by atoms with van der Waals surface area (Å²) in [5, 5.41) is 11.4. The maximum Gasteiger partial charge on any atom is 0.239 e. The van der Waals surface area contributed by atoms with Crippen molar-refractivity contribution in [1.29, 1.82) is 0 Å². The van der Waals surface area contributed by atoms with Gasteiger partial charge in [-0.05, 0) is 6.07 Å². The summed E-state index contributed by atoms with van der Waals surface area (Å²) in [5.41, 5.74) is 7.27. The Labute approximate surface area is 111 Å². The number of hydrazine groups is 1. The molecule has 3 atom stereocenters. The molecule has 2 heterocycles. The number of amides is 1. The Hall–Kier alpha value is -1.63. The van der Waals surface area contributed by atoms with Crippen molar-refractivity contribution >= 4 is 5.91 Å². The maximum absolute atomic E-state index is 12.0. The molecule has 102 valence electrons. The lowest BCUT2D eigenvalue weighted by Crippen LogP contribution is -2.47. The second-order valence-electron chi connectivity index (χ2n) is 4.77. The van der Waals surface area contributed by atoms with Crippen molar-refractivity contribution in [3.05, 3.63) is 29.8 Å². The van der Waals surface area contributed by atoms with E-state index in [9.17, 15) is 4.79 Å². The molecule has 2 aliphatic heterocycles. The highest BCUT2D eigenvalue weighted by Gasteiger charge is 2.44. The summed E-state index contributed by atoms with van der Waals surface area (Å²) in [7, 11) is 0. The summed E-state index contributed by atoms with van der Waals surface area (Å²) in [4.78, 5) is 12.0. The minimum Gasteiger partial charge on any atom is -0.493 e. The SMILES string of the molecule is O=C(NCCO)C1NNC2c3ccccc3OCC12. The van der Waals surface area contributed by atoms with Gasteiger partial charge in [0.1, 0.15) is 11.8 Å². The van der Waals surface area contributed by atoms with E-state index < -0.39 is 0 Å². The summed E-state index contributed by atoms with van der Waals surface area (Å²) >= 11 is 0. The van der Waals surface area contributed by atoms with Crippen molar-refractivity contribution in [2.45, 2.75) is 12.1 Å². The normalized spacial score (nSPS) is 28.2. The number of benzene rings is 1. The topological polar surface area (TPSA) is 82.6 Å². The van der Waals surface area contributed by atoms with Crippen LogP contribution in [0.25, 0.3) is 0 Å². The third-order valence-electron chi connectivity index (χ3n) is 3.63. The van der Waals surface area contributed by atoms with E-state index in [0.717, 1.165) is 11.3 Å². The van der Waals surface area contributed by atoms with E-state index >= 15 is 0 Å². The fourth-order valence-electron chi connectivity index (χ4n) is 2.69. The molecule has 0 saturated carbocycles. The Balaban J connectivity index is 1.77. The first-order chi connectivity index (χ1) is 9.31. The molecule has 0 radical (unpaired) electrons. The fourth-order valence-corrected chi connectivity index (χ4v) is 2.69. The molecule has 3 unspecified atom stereocenters. The molecular formula is C13H17N3O3. The summed E-state index contributed by atoms with van der Waals surface area (Å²) in [5.74, 6) is 0.806. The minimum atomic E-state index is -0.343. The Morgan fingerprint density at radius 2 is 2.26 bits per heavy atom. The third-order valence-corrected chi connectivity index (χ3v) is 3.63. The highest BCUT2D eigenvalue weighted by molar-refractivity contribution is 5.82. The van der Waals surface area contributed by atoms with Crippen LogP contribution in [0.4, 0.5) is 0 Å². The molecule has 1 aromatic carbocycles. The van der Waals surface area contributed by atoms with Gasteiger partial charge in [-0.1, -0.05) is 18.2 Å². The van der Waals surface area contributed by atoms with Crippen LogP contribution in [0.2, 0.25) is 0 Å². The lowest BCUT2D eigenvalue weighted by atomic mass is 9.87. The van der Waals surface area contributed by atoms with E-state index in [1.54, 1.807) is 0 Å². The minimum absolute atomic E-state index is 0.0496. The van der Waals surface area contributed by atoms with Gasteiger partial charge in [0.15, 0.2) is 0 Å². The molecule has 1 saturated heterocycles. The number of ether oxygens (including phenoxy) is 1. The summed E-state index contributed by atoms with van der Waals surface area (Å²) in [6.07, 6.45) is 0. The molecular weight excluding hydrogens is 246 g/mol. The smallest absolute Gasteiger partial charge is 0.239 e. The van der Waals surface area contributed by atoms with E-state index in [0.29, 0.717) is 6.61 Å². The van der Waals surface area contributed by atoms with E-state index in [4.69, 9.17) is 9.84 Å². The summed E-state index contributed by atoms with van der Waals surface area (Å²) in [6, 6.07) is 7.58. The molecule has 19 heavy (non-hydrogen) atoms. The van der Waals surface area contributed by atoms with E-state index in [2.05, 4.69) is 16.2 Å². The number of para-hydroxylation sites is 1. The molecule has 0 aromatic heterocycles. The van der Waals surface area contributed by atoms with Crippen LogP contribution in [0.5, 0.6) is 5.75 Å². The van der Waals surface area contributed by atoms with Gasteiger partial charge < -0.3 is 15.2 Å². The number of aliphatic hydroxyl groups excluding tert-OH is 1. The van der Waals surface area contributed by atoms with Gasteiger partial charge in [0.05, 0.1) is 19.3 Å². The molecule has 6 nitrogen and oxygen atoms in total. The number of rotatable bonds is 3. The number of hydrogen-bond acceptors (Lipinski definition) is 5. The monoisotopic (exact) mass is 263 g/mol. The number of carbonyl (C=O) groups is 1. The molecule has 2 aliphatic rings. The second-order valence-corrected chi connectivity index (χ2v) is 4.77. The van der Waals surface area contributed by atoms with Crippen LogP contribution >= 0.6 is 0 Å². The van der Waals surface area contributed by atoms with Crippen LogP contribution in [0.3, 0.4) is 0 Å². The van der Waals surface area contributed by atoms with Crippen LogP contribution in [-0.4, -0.2) is 36.8 Å². The molecule has 4 N–H and O–H groups in total. The van der Waals surface area contributed by atoms with Crippen LogP contribution in [0, 0.1) is 5.92 Å². The van der Waals surface area contributed by atoms with Crippen LogP contribution in [0.1, 0.15) is 11.6 Å². The predicted molar refractivity (Wildman–Crippen MR) is 68.3 cm³/mol. The van der Waals surface area contributed by atoms with Crippen LogP contribution in [0.15, 0.2) is 24.3 Å². The summed E-state index contributed by atoms with van der Waals surface area (Å²) in [6.45, 7) is 0.712. The molecule has 1 aromatic rings. The van der Waals surface area contributed by atoms with Gasteiger partial charge in [0.25, 0.3) is 0 Å². The predicted octanol–water partition coefficient (Wildman–Crippen LogP) is -0.679. The maximum atomic E-state index is 12.0. The first-order valence-electron chi connectivity index (χ1n) is 6.42. The zero-order chi connectivity index (χ0) is 13.2. The first-order valence-corrected chi connectivity index (χ1v) is 6.42. The van der Waals surface area contributed by atoms with Gasteiger partial charge in [0, 0.05) is 18.0 Å². The van der Waals surface area contributed by atoms with Gasteiger partial charge in [-0.15, -0.1) is 0 Å². The molecule has 0 spiro atoms. The van der Waals surface area contributed by atoms with Crippen molar-refractivity contribution in [1.82, 2.24) is 16.2 Å². The van der Waals surface area contributed by atoms with Gasteiger partial charge in [0.2, 0.25) is 5.91 Å². The Morgan fingerprint density at radius 1 is 1.42 bits per heavy atom. The number of fused-ring (bicyclic) bond motifs is 3. The number of hydrogen-bond donors (Lipinski definition) is 4. The average molecular weight is 263 g/mol. The van der Waals surface area contributed by atoms with Crippen LogP contribution < -0.4 is 20.9 Å². The molecule has 0 bridgehead atoms. The zero-order valence-electron chi connectivity index (χ0n) is 10.4. The lowest BCUT2D eigenvalue weighted by molar-refractivity contribution is -0.124. The van der Waals surface area contributed by atoms with Gasteiger partial charge in [-0.25, -0.2) is 10.9 Å². The van der Waals surface area contributed by atoms with E-state index in [1.807, 2.05) is 24.3 Å². The molecule has 1 fully saturated rings. The Morgan fingerprint density at radius 3 is 3.11 bits per heavy atom. The molecule has 6 heteroatoms. The quantitative estimate of drug-likeness (QED) is 0.581. The zero-order valence-corrected chi connectivity index (χ0v) is 10.4. The Kier molecular flexibility index (Phi) is 3.37. The standard InChI is InChI=1S/C13H17N3O3/c17-6-5-14-13(18)12-9-7-19-10-4-2-1-3-8(10)11(9)15-16-12/h1-4,9,11-12,15-17H,5-7H2,(H,14,18). The van der Waals surface area contributed by atoms with Gasteiger partial charge in [-0.3, -0.25) is 4.79 Å². The van der Waals surface area contributed by atoms with Crippen molar-refractivity contribution in [2.24, 2.45) is 5.92 Å². The second kappa shape index (κ2) is 5.16. The highest BCUT2D eigenvalue weighted by atomic mass is 16.5. The number of nitrogens with one attached hydrogen (secondary N) is 3. The van der Waals surface area contributed by atoms with Crippen molar-refractivity contribution in [2.75, 3.05) is 19.8 Å². The molecule has 3 rings (SSSR count). The van der Waals surface area contributed by atoms with Crippen LogP contribution in [-0.2, 0) is 4.79 Å². The largest absolute Gasteiger partial charge is 0.493 e. The van der Waals surface area contributed by atoms with Crippen molar-refractivity contribution < 1.29 is 14.6 Å². The molecule has 1 amide bonds. The van der Waals surface area contributed by atoms with Crippen molar-refractivity contribution in [3.8, 4) is 5.75 Å². The third kappa shape index (κ3) is 2.18. The molecule has 0 aliphatic carbocycles. The van der Waals surface area contributed by atoms with Gasteiger partial charge in [-0.2, -0.15) is 0 Å². The first kappa shape index (κ1) is 12.4. The fraction of sp³-hybridized carbons (Fsp3) is 0.462. The van der Waals surface area contributed by atoms with Gasteiger partial charge >= 0.3 is 0 Å². The van der Waals surface area contributed by atoms with Crippen molar-refractivity contribution in [3.63, 3.8) is 0 Å². The summed E-state index contributed by atoms with van der Waals surface area (Å²) < 4.78 is 5.71.